The maximum absolute atomic E-state index is 13.0. The van der Waals surface area contributed by atoms with Gasteiger partial charge in [0.1, 0.15) is 6.54 Å². The Bertz CT molecular complexity index is 1100. The third-order valence-corrected chi connectivity index (χ3v) is 4.99. The molecule has 1 heterocycles. The lowest BCUT2D eigenvalue weighted by atomic mass is 10.1. The normalized spacial score (nSPS) is 15.5. The fourth-order valence-corrected chi connectivity index (χ4v) is 3.49. The average molecular weight is 451 g/mol. The van der Waals surface area contributed by atoms with Gasteiger partial charge in [0.2, 0.25) is 5.91 Å². The second-order valence-electron chi connectivity index (χ2n) is 6.21. The number of nitrogens with one attached hydrogen (secondary N) is 1. The molecule has 0 aromatic heterocycles. The van der Waals surface area contributed by atoms with E-state index in [-0.39, 0.29) is 10.6 Å². The van der Waals surface area contributed by atoms with Gasteiger partial charge in [0, 0.05) is 12.1 Å². The monoisotopic (exact) mass is 451 g/mol. The molecule has 8 nitrogen and oxygen atoms in total. The first-order valence-electron chi connectivity index (χ1n) is 8.52. The number of nitro benzene ring substituents is 1. The summed E-state index contributed by atoms with van der Waals surface area (Å²) in [5, 5.41) is 12.0. The fourth-order valence-electron chi connectivity index (χ4n) is 2.65. The van der Waals surface area contributed by atoms with Crippen LogP contribution in [0.15, 0.2) is 53.4 Å². The Balaban J connectivity index is 1.72. The van der Waals surface area contributed by atoms with E-state index in [0.29, 0.717) is 22.2 Å². The van der Waals surface area contributed by atoms with Gasteiger partial charge in [0.05, 0.1) is 21.1 Å². The molecule has 0 spiro atoms. The van der Waals surface area contributed by atoms with Crippen LogP contribution in [0.5, 0.6) is 0 Å². The summed E-state index contributed by atoms with van der Waals surface area (Å²) >= 11 is 0.547. The standard InChI is InChI=1S/C19H12F3N3O5S/c20-19(21,22)13-3-1-2-4-14(13)23-16(26)10-24-17(27)15(31-18(24)28)9-11-5-7-12(8-6-11)25(29)30/h1-9H,10H2,(H,23,26)/b15-9-. The average Bonchev–Trinajstić information content (AvgIpc) is 2.95. The van der Waals surface area contributed by atoms with Crippen LogP contribution in [0.25, 0.3) is 6.08 Å². The number of anilines is 1. The van der Waals surface area contributed by atoms with Gasteiger partial charge in [0.15, 0.2) is 0 Å². The van der Waals surface area contributed by atoms with Crippen molar-refractivity contribution in [1.82, 2.24) is 4.90 Å². The molecule has 1 aliphatic heterocycles. The molecule has 3 amide bonds. The number of non-ortho nitro benzene ring substituents is 1. The SMILES string of the molecule is O=C(CN1C(=O)S/C(=C\c2ccc([N+](=O)[O-])cc2)C1=O)Nc1ccccc1C(F)(F)F. The minimum absolute atomic E-state index is 0.0256. The van der Waals surface area contributed by atoms with Gasteiger partial charge in [-0.3, -0.25) is 29.4 Å². The molecule has 31 heavy (non-hydrogen) atoms. The van der Waals surface area contributed by atoms with E-state index in [0.717, 1.165) is 18.2 Å². The molecule has 0 atom stereocenters. The highest BCUT2D eigenvalue weighted by molar-refractivity contribution is 8.18. The smallest absolute Gasteiger partial charge is 0.324 e. The molecule has 0 saturated carbocycles. The first-order valence-corrected chi connectivity index (χ1v) is 9.34. The van der Waals surface area contributed by atoms with Crippen LogP contribution < -0.4 is 5.32 Å². The number of amides is 3. The van der Waals surface area contributed by atoms with Gasteiger partial charge in [-0.25, -0.2) is 0 Å². The number of imide groups is 1. The van der Waals surface area contributed by atoms with Gasteiger partial charge >= 0.3 is 6.18 Å². The van der Waals surface area contributed by atoms with Gasteiger partial charge < -0.3 is 5.32 Å². The molecule has 160 valence electrons. The van der Waals surface area contributed by atoms with Gasteiger partial charge in [-0.05, 0) is 47.7 Å². The van der Waals surface area contributed by atoms with Crippen molar-refractivity contribution >= 4 is 46.3 Å². The maximum atomic E-state index is 13.0. The predicted molar refractivity (Wildman–Crippen MR) is 106 cm³/mol. The summed E-state index contributed by atoms with van der Waals surface area (Å²) in [5.74, 6) is -1.77. The number of benzene rings is 2. The number of rotatable bonds is 5. The topological polar surface area (TPSA) is 110 Å². The zero-order chi connectivity index (χ0) is 22.8. The highest BCUT2D eigenvalue weighted by Gasteiger charge is 2.37. The molecular weight excluding hydrogens is 439 g/mol. The molecule has 1 aliphatic rings. The second kappa shape index (κ2) is 8.60. The number of halogens is 3. The molecule has 1 N–H and O–H groups in total. The predicted octanol–water partition coefficient (Wildman–Crippen LogP) is 4.29. The van der Waals surface area contributed by atoms with Crippen molar-refractivity contribution in [2.45, 2.75) is 6.18 Å². The molecule has 1 saturated heterocycles. The Labute approximate surface area is 176 Å². The summed E-state index contributed by atoms with van der Waals surface area (Å²) in [6.07, 6.45) is -3.37. The minimum Gasteiger partial charge on any atom is -0.324 e. The molecule has 0 bridgehead atoms. The van der Waals surface area contributed by atoms with Crippen LogP contribution in [-0.4, -0.2) is 33.4 Å². The lowest BCUT2D eigenvalue weighted by Gasteiger charge is -2.15. The van der Waals surface area contributed by atoms with Crippen LogP contribution in [0.1, 0.15) is 11.1 Å². The summed E-state index contributed by atoms with van der Waals surface area (Å²) < 4.78 is 39.1. The summed E-state index contributed by atoms with van der Waals surface area (Å²) in [6.45, 7) is -0.769. The molecule has 0 unspecified atom stereocenters. The lowest BCUT2D eigenvalue weighted by molar-refractivity contribution is -0.384. The summed E-state index contributed by atoms with van der Waals surface area (Å²) in [7, 11) is 0. The van der Waals surface area contributed by atoms with E-state index in [4.69, 9.17) is 0 Å². The number of hydrogen-bond donors (Lipinski definition) is 1. The van der Waals surface area contributed by atoms with Crippen LogP contribution in [-0.2, 0) is 15.8 Å². The highest BCUT2D eigenvalue weighted by atomic mass is 32.2. The van der Waals surface area contributed by atoms with E-state index in [9.17, 15) is 37.7 Å². The number of carbonyl (C=O) groups excluding carboxylic acids is 3. The van der Waals surface area contributed by atoms with Gasteiger partial charge in [-0.15, -0.1) is 0 Å². The molecule has 2 aromatic carbocycles. The maximum Gasteiger partial charge on any atom is 0.418 e. The van der Waals surface area contributed by atoms with Crippen LogP contribution in [0.3, 0.4) is 0 Å². The van der Waals surface area contributed by atoms with Crippen LogP contribution >= 0.6 is 11.8 Å². The molecule has 12 heteroatoms. The highest BCUT2D eigenvalue weighted by Crippen LogP contribution is 2.35. The van der Waals surface area contributed by atoms with Crippen LogP contribution in [0.2, 0.25) is 0 Å². The Morgan fingerprint density at radius 1 is 1.13 bits per heavy atom. The largest absolute Gasteiger partial charge is 0.418 e. The Kier molecular flexibility index (Phi) is 6.11. The number of nitrogens with zero attached hydrogens (tertiary/aromatic N) is 2. The number of nitro groups is 1. The Morgan fingerprint density at radius 2 is 1.77 bits per heavy atom. The molecule has 0 radical (unpaired) electrons. The molecular formula is C19H12F3N3O5S. The van der Waals surface area contributed by atoms with Crippen molar-refractivity contribution in [3.8, 4) is 0 Å². The third kappa shape index (κ3) is 5.09. The minimum atomic E-state index is -4.69. The Hall–Kier alpha value is -3.67. The van der Waals surface area contributed by atoms with Crippen molar-refractivity contribution in [1.29, 1.82) is 0 Å². The number of carbonyl (C=O) groups is 3. The van der Waals surface area contributed by atoms with Gasteiger partial charge in [0.25, 0.3) is 16.8 Å². The quantitative estimate of drug-likeness (QED) is 0.413. The number of hydrogen-bond acceptors (Lipinski definition) is 6. The Morgan fingerprint density at radius 3 is 2.39 bits per heavy atom. The van der Waals surface area contributed by atoms with E-state index >= 15 is 0 Å². The van der Waals surface area contributed by atoms with E-state index in [2.05, 4.69) is 5.32 Å². The third-order valence-electron chi connectivity index (χ3n) is 4.08. The zero-order valence-electron chi connectivity index (χ0n) is 15.4. The summed E-state index contributed by atoms with van der Waals surface area (Å²) in [5.41, 5.74) is -1.29. The number of alkyl halides is 3. The van der Waals surface area contributed by atoms with Crippen molar-refractivity contribution in [3.05, 3.63) is 74.7 Å². The zero-order valence-corrected chi connectivity index (χ0v) is 16.2. The van der Waals surface area contributed by atoms with Crippen molar-refractivity contribution in [2.75, 3.05) is 11.9 Å². The molecule has 1 fully saturated rings. The van der Waals surface area contributed by atoms with Crippen molar-refractivity contribution in [2.24, 2.45) is 0 Å². The molecule has 0 aliphatic carbocycles. The van der Waals surface area contributed by atoms with E-state index in [1.165, 1.54) is 36.4 Å². The van der Waals surface area contributed by atoms with Crippen molar-refractivity contribution in [3.63, 3.8) is 0 Å². The fraction of sp³-hybridized carbons (Fsp3) is 0.105. The van der Waals surface area contributed by atoms with Gasteiger partial charge in [-0.1, -0.05) is 12.1 Å². The second-order valence-corrected chi connectivity index (χ2v) is 7.20. The summed E-state index contributed by atoms with van der Waals surface area (Å²) in [4.78, 5) is 47.4. The van der Waals surface area contributed by atoms with E-state index < -0.39 is 45.9 Å². The van der Waals surface area contributed by atoms with Crippen LogP contribution in [0, 0.1) is 10.1 Å². The first kappa shape index (κ1) is 22.0. The van der Waals surface area contributed by atoms with Crippen molar-refractivity contribution < 1.29 is 32.5 Å². The molecule has 2 aromatic rings. The molecule has 3 rings (SSSR count). The summed E-state index contributed by atoms with van der Waals surface area (Å²) in [6, 6.07) is 9.53. The van der Waals surface area contributed by atoms with E-state index in [1.54, 1.807) is 0 Å². The first-order chi connectivity index (χ1) is 14.6. The lowest BCUT2D eigenvalue weighted by Crippen LogP contribution is -2.36. The van der Waals surface area contributed by atoms with Gasteiger partial charge in [-0.2, -0.15) is 13.2 Å². The van der Waals surface area contributed by atoms with E-state index in [1.807, 2.05) is 0 Å². The van der Waals surface area contributed by atoms with Crippen LogP contribution in [0.4, 0.5) is 29.3 Å². The number of thioether (sulfide) groups is 1. The number of para-hydroxylation sites is 1.